The summed E-state index contributed by atoms with van der Waals surface area (Å²) in [5, 5.41) is 0.464. The summed E-state index contributed by atoms with van der Waals surface area (Å²) in [6.45, 7) is 0.947. The molecule has 0 N–H and O–H groups in total. The third kappa shape index (κ3) is 1.33. The van der Waals surface area contributed by atoms with Crippen molar-refractivity contribution in [1.82, 2.24) is 0 Å². The number of ether oxygens (including phenoxy) is 2. The molecule has 2 heterocycles. The second kappa shape index (κ2) is 3.32. The van der Waals surface area contributed by atoms with Crippen molar-refractivity contribution in [2.45, 2.75) is 6.29 Å². The molecule has 1 aromatic heterocycles. The van der Waals surface area contributed by atoms with Crippen LogP contribution in [0.3, 0.4) is 0 Å². The Morgan fingerprint density at radius 2 is 1.87 bits per heavy atom. The second-order valence-corrected chi connectivity index (χ2v) is 3.35. The van der Waals surface area contributed by atoms with E-state index in [0.717, 1.165) is 0 Å². The van der Waals surface area contributed by atoms with E-state index >= 15 is 0 Å². The highest BCUT2D eigenvalue weighted by Crippen LogP contribution is 2.32. The molecule has 0 aliphatic carbocycles. The molecule has 78 valence electrons. The first-order chi connectivity index (χ1) is 7.36. The number of rotatable bonds is 1. The molecule has 0 saturated carbocycles. The number of halogens is 1. The minimum atomic E-state index is -0.697. The van der Waals surface area contributed by atoms with Gasteiger partial charge in [-0.25, -0.2) is 4.39 Å². The Kier molecular flexibility index (Phi) is 1.97. The van der Waals surface area contributed by atoms with Crippen LogP contribution in [0.4, 0.5) is 4.39 Å². The summed E-state index contributed by atoms with van der Waals surface area (Å²) >= 11 is 0. The zero-order chi connectivity index (χ0) is 10.3. The summed E-state index contributed by atoms with van der Waals surface area (Å²) < 4.78 is 29.6. The zero-order valence-corrected chi connectivity index (χ0v) is 7.90. The lowest BCUT2D eigenvalue weighted by Crippen LogP contribution is -1.98. The topological polar surface area (TPSA) is 31.6 Å². The highest BCUT2D eigenvalue weighted by Gasteiger charge is 2.27. The lowest BCUT2D eigenvalue weighted by molar-refractivity contribution is -0.0607. The SMILES string of the molecule is Fc1c(C2OCCO2)oc2ccccc12. The monoisotopic (exact) mass is 208 g/mol. The predicted molar refractivity (Wildman–Crippen MR) is 50.8 cm³/mol. The molecule has 3 nitrogen and oxygen atoms in total. The molecule has 0 bridgehead atoms. The molecule has 2 aromatic rings. The van der Waals surface area contributed by atoms with Gasteiger partial charge in [0.05, 0.1) is 18.6 Å². The van der Waals surface area contributed by atoms with Crippen LogP contribution < -0.4 is 0 Å². The molecule has 4 heteroatoms. The third-order valence-corrected chi connectivity index (χ3v) is 2.40. The number of hydrogen-bond acceptors (Lipinski definition) is 3. The van der Waals surface area contributed by atoms with Crippen LogP contribution in [0.25, 0.3) is 11.0 Å². The van der Waals surface area contributed by atoms with E-state index in [0.29, 0.717) is 24.2 Å². The zero-order valence-electron chi connectivity index (χ0n) is 7.90. The van der Waals surface area contributed by atoms with Gasteiger partial charge in [-0.3, -0.25) is 0 Å². The Balaban J connectivity index is 2.14. The van der Waals surface area contributed by atoms with Gasteiger partial charge in [-0.1, -0.05) is 12.1 Å². The molecule has 0 unspecified atom stereocenters. The molecule has 0 atom stereocenters. The quantitative estimate of drug-likeness (QED) is 0.721. The van der Waals surface area contributed by atoms with Gasteiger partial charge >= 0.3 is 0 Å². The van der Waals surface area contributed by atoms with Crippen molar-refractivity contribution in [2.75, 3.05) is 13.2 Å². The van der Waals surface area contributed by atoms with Crippen LogP contribution in [-0.4, -0.2) is 13.2 Å². The van der Waals surface area contributed by atoms with Crippen LogP contribution in [0.2, 0.25) is 0 Å². The highest BCUT2D eigenvalue weighted by atomic mass is 19.1. The fourth-order valence-corrected chi connectivity index (χ4v) is 1.69. The molecule has 1 aliphatic heterocycles. The van der Waals surface area contributed by atoms with Crippen molar-refractivity contribution in [1.29, 1.82) is 0 Å². The van der Waals surface area contributed by atoms with E-state index in [9.17, 15) is 4.39 Å². The van der Waals surface area contributed by atoms with Crippen LogP contribution in [0.15, 0.2) is 28.7 Å². The predicted octanol–water partition coefficient (Wildman–Crippen LogP) is 2.62. The molecule has 15 heavy (non-hydrogen) atoms. The third-order valence-electron chi connectivity index (χ3n) is 2.40. The van der Waals surface area contributed by atoms with Crippen molar-refractivity contribution in [2.24, 2.45) is 0 Å². The molecule has 0 spiro atoms. The van der Waals surface area contributed by atoms with Crippen LogP contribution in [0, 0.1) is 5.82 Å². The summed E-state index contributed by atoms with van der Waals surface area (Å²) in [5.41, 5.74) is 0.518. The summed E-state index contributed by atoms with van der Waals surface area (Å²) in [6, 6.07) is 6.95. The van der Waals surface area contributed by atoms with Crippen molar-refractivity contribution >= 4 is 11.0 Å². The lowest BCUT2D eigenvalue weighted by atomic mass is 10.2. The van der Waals surface area contributed by atoms with Gasteiger partial charge in [-0.05, 0) is 12.1 Å². The second-order valence-electron chi connectivity index (χ2n) is 3.35. The minimum absolute atomic E-state index is 0.133. The largest absolute Gasteiger partial charge is 0.452 e. The first-order valence-electron chi connectivity index (χ1n) is 4.76. The Labute approximate surface area is 85.4 Å². The van der Waals surface area contributed by atoms with Crippen LogP contribution >= 0.6 is 0 Å². The van der Waals surface area contributed by atoms with Crippen LogP contribution in [0.1, 0.15) is 12.1 Å². The molecule has 1 saturated heterocycles. The van der Waals surface area contributed by atoms with Crippen LogP contribution in [0.5, 0.6) is 0 Å². The Hall–Kier alpha value is -1.39. The fourth-order valence-electron chi connectivity index (χ4n) is 1.69. The Morgan fingerprint density at radius 3 is 2.60 bits per heavy atom. The van der Waals surface area contributed by atoms with E-state index in [2.05, 4.69) is 0 Å². The smallest absolute Gasteiger partial charge is 0.220 e. The summed E-state index contributed by atoms with van der Waals surface area (Å²) in [7, 11) is 0. The van der Waals surface area contributed by atoms with Crippen molar-refractivity contribution in [3.63, 3.8) is 0 Å². The normalized spacial score (nSPS) is 17.7. The molecule has 1 aliphatic rings. The van der Waals surface area contributed by atoms with Gasteiger partial charge in [0, 0.05) is 0 Å². The fraction of sp³-hybridized carbons (Fsp3) is 0.273. The molecule has 1 fully saturated rings. The van der Waals surface area contributed by atoms with Gasteiger partial charge in [-0.15, -0.1) is 0 Å². The summed E-state index contributed by atoms with van der Waals surface area (Å²) in [5.74, 6) is -0.258. The van der Waals surface area contributed by atoms with E-state index in [1.54, 1.807) is 24.3 Å². The molecule has 1 aromatic carbocycles. The van der Waals surface area contributed by atoms with Crippen molar-refractivity contribution in [3.8, 4) is 0 Å². The van der Waals surface area contributed by atoms with E-state index in [4.69, 9.17) is 13.9 Å². The van der Waals surface area contributed by atoms with Gasteiger partial charge < -0.3 is 13.9 Å². The van der Waals surface area contributed by atoms with E-state index in [1.807, 2.05) is 0 Å². The average molecular weight is 208 g/mol. The average Bonchev–Trinajstić information content (AvgIpc) is 2.87. The first-order valence-corrected chi connectivity index (χ1v) is 4.76. The van der Waals surface area contributed by atoms with Gasteiger partial charge in [0.2, 0.25) is 6.29 Å². The highest BCUT2D eigenvalue weighted by molar-refractivity contribution is 5.78. The number of fused-ring (bicyclic) bond motifs is 1. The lowest BCUT2D eigenvalue weighted by Gasteiger charge is -2.03. The van der Waals surface area contributed by atoms with Gasteiger partial charge in [0.25, 0.3) is 0 Å². The van der Waals surface area contributed by atoms with Crippen LogP contribution in [-0.2, 0) is 9.47 Å². The maximum Gasteiger partial charge on any atom is 0.220 e. The standard InChI is InChI=1S/C11H9FO3/c12-9-7-3-1-2-4-8(7)15-10(9)11-13-5-6-14-11/h1-4,11H,5-6H2. The van der Waals surface area contributed by atoms with Gasteiger partial charge in [-0.2, -0.15) is 0 Å². The Bertz CT molecular complexity index is 486. The molecule has 0 amide bonds. The van der Waals surface area contributed by atoms with Gasteiger partial charge in [0.1, 0.15) is 5.58 Å². The van der Waals surface area contributed by atoms with E-state index in [-0.39, 0.29) is 5.76 Å². The van der Waals surface area contributed by atoms with Gasteiger partial charge in [0.15, 0.2) is 11.6 Å². The number of benzene rings is 1. The summed E-state index contributed by atoms with van der Waals surface area (Å²) in [6.07, 6.45) is -0.697. The minimum Gasteiger partial charge on any atom is -0.452 e. The maximum atomic E-state index is 13.8. The van der Waals surface area contributed by atoms with E-state index in [1.165, 1.54) is 0 Å². The molecular weight excluding hydrogens is 199 g/mol. The number of hydrogen-bond donors (Lipinski definition) is 0. The molecule has 3 rings (SSSR count). The van der Waals surface area contributed by atoms with E-state index < -0.39 is 12.1 Å². The maximum absolute atomic E-state index is 13.8. The molecular formula is C11H9FO3. The number of para-hydroxylation sites is 1. The first kappa shape index (κ1) is 8.88. The number of furan rings is 1. The summed E-state index contributed by atoms with van der Waals surface area (Å²) in [4.78, 5) is 0. The van der Waals surface area contributed by atoms with Crippen molar-refractivity contribution in [3.05, 3.63) is 35.8 Å². The van der Waals surface area contributed by atoms with Crippen molar-refractivity contribution < 1.29 is 18.3 Å². The molecule has 0 radical (unpaired) electrons. The Morgan fingerprint density at radius 1 is 1.13 bits per heavy atom.